The van der Waals surface area contributed by atoms with Crippen molar-refractivity contribution >= 4 is 27.8 Å². The summed E-state index contributed by atoms with van der Waals surface area (Å²) in [4.78, 5) is 26.0. The maximum atomic E-state index is 12.4. The van der Waals surface area contributed by atoms with Crippen LogP contribution in [-0.4, -0.2) is 33.1 Å². The lowest BCUT2D eigenvalue weighted by atomic mass is 10.0. The molecule has 0 radical (unpaired) electrons. The minimum Gasteiger partial charge on any atom is -0.461 e. The van der Waals surface area contributed by atoms with Gasteiger partial charge < -0.3 is 19.1 Å². The highest BCUT2D eigenvalue weighted by atomic mass is 16.4. The zero-order valence-electron chi connectivity index (χ0n) is 16.6. The largest absolute Gasteiger partial charge is 0.461 e. The second-order valence-electron chi connectivity index (χ2n) is 7.46. The molecule has 0 spiro atoms. The topological polar surface area (TPSA) is 76.9 Å². The van der Waals surface area contributed by atoms with Gasteiger partial charge in [-0.15, -0.1) is 0 Å². The first-order chi connectivity index (χ1) is 12.8. The Labute approximate surface area is 158 Å². The third kappa shape index (κ3) is 3.90. The van der Waals surface area contributed by atoms with Crippen molar-refractivity contribution in [1.29, 1.82) is 0 Å². The first-order valence-corrected chi connectivity index (χ1v) is 9.29. The van der Waals surface area contributed by atoms with Gasteiger partial charge in [0.1, 0.15) is 16.9 Å². The van der Waals surface area contributed by atoms with Gasteiger partial charge in [-0.05, 0) is 38.0 Å². The van der Waals surface area contributed by atoms with Gasteiger partial charge in [0.25, 0.3) is 0 Å². The van der Waals surface area contributed by atoms with Crippen LogP contribution >= 0.6 is 0 Å². The molecule has 1 amide bonds. The van der Waals surface area contributed by atoms with Crippen LogP contribution in [0.1, 0.15) is 28.9 Å². The molecule has 0 atom stereocenters. The highest BCUT2D eigenvalue weighted by Crippen LogP contribution is 2.30. The van der Waals surface area contributed by atoms with Crippen LogP contribution in [0, 0.1) is 20.8 Å². The number of amides is 1. The van der Waals surface area contributed by atoms with Gasteiger partial charge in [-0.25, -0.2) is 4.79 Å². The van der Waals surface area contributed by atoms with Gasteiger partial charge in [0, 0.05) is 29.8 Å². The fourth-order valence-electron chi connectivity index (χ4n) is 3.32. The third-order valence-electron chi connectivity index (χ3n) is 5.10. The van der Waals surface area contributed by atoms with E-state index >= 15 is 0 Å². The van der Waals surface area contributed by atoms with E-state index in [1.807, 2.05) is 26.8 Å². The summed E-state index contributed by atoms with van der Waals surface area (Å²) in [6, 6.07) is 3.74. The number of rotatable bonds is 6. The van der Waals surface area contributed by atoms with Crippen molar-refractivity contribution in [3.8, 4) is 0 Å². The smallest absolute Gasteiger partial charge is 0.340 e. The van der Waals surface area contributed by atoms with Gasteiger partial charge in [0.15, 0.2) is 0 Å². The predicted octanol–water partition coefficient (Wildman–Crippen LogP) is 1.66. The average molecular weight is 371 g/mol. The number of carbonyl (C=O) groups is 1. The molecule has 0 aliphatic rings. The first kappa shape index (κ1) is 19.2. The molecular formula is C21H27N2O4+. The monoisotopic (exact) mass is 371 g/mol. The van der Waals surface area contributed by atoms with E-state index in [1.54, 1.807) is 6.07 Å². The number of carbonyl (C=O) groups excluding carboxylic acids is 1. The molecule has 0 unspecified atom stereocenters. The van der Waals surface area contributed by atoms with Crippen molar-refractivity contribution in [3.05, 3.63) is 45.0 Å². The van der Waals surface area contributed by atoms with E-state index in [0.717, 1.165) is 40.6 Å². The lowest BCUT2D eigenvalue weighted by Crippen LogP contribution is -3.05. The Bertz CT molecular complexity index is 1060. The Hall–Kier alpha value is -2.60. The lowest BCUT2D eigenvalue weighted by molar-refractivity contribution is -0.858. The molecule has 3 aromatic rings. The lowest BCUT2D eigenvalue weighted by Gasteiger charge is -2.10. The fraction of sp³-hybridized carbons (Fsp3) is 0.429. The molecule has 2 N–H and O–H groups in total. The molecule has 2 aromatic heterocycles. The van der Waals surface area contributed by atoms with E-state index in [9.17, 15) is 9.59 Å². The quantitative estimate of drug-likeness (QED) is 0.510. The number of hydrogen-bond donors (Lipinski definition) is 2. The van der Waals surface area contributed by atoms with Crippen molar-refractivity contribution in [3.63, 3.8) is 0 Å². The molecule has 2 heterocycles. The Kier molecular flexibility index (Phi) is 5.37. The highest BCUT2D eigenvalue weighted by molar-refractivity contribution is 5.97. The molecule has 144 valence electrons. The predicted molar refractivity (Wildman–Crippen MR) is 105 cm³/mol. The maximum Gasteiger partial charge on any atom is 0.340 e. The van der Waals surface area contributed by atoms with Gasteiger partial charge in [-0.3, -0.25) is 4.79 Å². The molecule has 1 aromatic carbocycles. The van der Waals surface area contributed by atoms with E-state index in [4.69, 9.17) is 8.83 Å². The van der Waals surface area contributed by atoms with Crippen LogP contribution in [-0.2, 0) is 11.2 Å². The molecule has 0 aliphatic heterocycles. The van der Waals surface area contributed by atoms with E-state index in [0.29, 0.717) is 23.3 Å². The average Bonchev–Trinajstić information content (AvgIpc) is 2.88. The van der Waals surface area contributed by atoms with Crippen LogP contribution in [0.4, 0.5) is 0 Å². The molecule has 6 heteroatoms. The summed E-state index contributed by atoms with van der Waals surface area (Å²) in [5.74, 6) is 0.689. The summed E-state index contributed by atoms with van der Waals surface area (Å²) in [6.07, 6.45) is 0.927. The van der Waals surface area contributed by atoms with Crippen molar-refractivity contribution in [2.75, 3.05) is 27.2 Å². The molecule has 0 aliphatic carbocycles. The zero-order valence-corrected chi connectivity index (χ0v) is 16.6. The van der Waals surface area contributed by atoms with Gasteiger partial charge in [-0.2, -0.15) is 0 Å². The molecule has 0 saturated carbocycles. The molecule has 6 nitrogen and oxygen atoms in total. The van der Waals surface area contributed by atoms with Crippen LogP contribution in [0.5, 0.6) is 0 Å². The van der Waals surface area contributed by atoms with Crippen LogP contribution in [0.15, 0.2) is 25.8 Å². The Morgan fingerprint density at radius 3 is 2.41 bits per heavy atom. The second kappa shape index (κ2) is 7.56. The van der Waals surface area contributed by atoms with Crippen molar-refractivity contribution in [2.24, 2.45) is 0 Å². The zero-order chi connectivity index (χ0) is 19.7. The number of quaternary nitrogens is 1. The highest BCUT2D eigenvalue weighted by Gasteiger charge is 2.17. The number of fused-ring (bicyclic) bond motifs is 2. The van der Waals surface area contributed by atoms with Gasteiger partial charge in [0.2, 0.25) is 5.91 Å². The van der Waals surface area contributed by atoms with Crippen LogP contribution in [0.3, 0.4) is 0 Å². The molecule has 0 bridgehead atoms. The minimum absolute atomic E-state index is 0.0281. The number of aryl methyl sites for hydroxylation is 3. The van der Waals surface area contributed by atoms with E-state index in [-0.39, 0.29) is 12.3 Å². The molecule has 0 saturated heterocycles. The summed E-state index contributed by atoms with van der Waals surface area (Å²) in [6.45, 7) is 7.38. The summed E-state index contributed by atoms with van der Waals surface area (Å²) < 4.78 is 11.2. The van der Waals surface area contributed by atoms with Crippen LogP contribution in [0.25, 0.3) is 21.9 Å². The van der Waals surface area contributed by atoms with Gasteiger partial charge >= 0.3 is 5.63 Å². The first-order valence-electron chi connectivity index (χ1n) is 9.29. The number of hydrogen-bond acceptors (Lipinski definition) is 4. The fourth-order valence-corrected chi connectivity index (χ4v) is 3.32. The van der Waals surface area contributed by atoms with E-state index < -0.39 is 5.63 Å². The van der Waals surface area contributed by atoms with Gasteiger partial charge in [-0.1, -0.05) is 0 Å². The van der Waals surface area contributed by atoms with Gasteiger partial charge in [0.05, 0.1) is 32.6 Å². The molecule has 27 heavy (non-hydrogen) atoms. The van der Waals surface area contributed by atoms with Crippen LogP contribution in [0.2, 0.25) is 0 Å². The summed E-state index contributed by atoms with van der Waals surface area (Å²) in [5.41, 5.74) is 2.99. The Morgan fingerprint density at radius 1 is 1.04 bits per heavy atom. The van der Waals surface area contributed by atoms with E-state index in [1.165, 1.54) is 4.90 Å². The van der Waals surface area contributed by atoms with Crippen molar-refractivity contribution in [1.82, 2.24) is 5.32 Å². The normalized spacial score (nSPS) is 11.6. The Morgan fingerprint density at radius 2 is 1.70 bits per heavy atom. The molecule has 0 fully saturated rings. The van der Waals surface area contributed by atoms with E-state index in [2.05, 4.69) is 19.4 Å². The number of furan rings is 1. The van der Waals surface area contributed by atoms with Crippen molar-refractivity contribution in [2.45, 2.75) is 33.6 Å². The second-order valence-corrected chi connectivity index (χ2v) is 7.46. The minimum atomic E-state index is -0.466. The van der Waals surface area contributed by atoms with Crippen LogP contribution < -0.4 is 15.8 Å². The van der Waals surface area contributed by atoms with Crippen molar-refractivity contribution < 1.29 is 18.5 Å². The molecule has 3 rings (SSSR count). The Balaban J connectivity index is 1.89. The summed E-state index contributed by atoms with van der Waals surface area (Å²) in [7, 11) is 4.15. The summed E-state index contributed by atoms with van der Waals surface area (Å²) in [5, 5.41) is 4.72. The number of benzene rings is 1. The molecular weight excluding hydrogens is 344 g/mol. The SMILES string of the molecule is Cc1oc2cc3oc(=O)c(CC(=O)NCCC[NH+](C)C)c(C)c3cc2c1C. The standard InChI is InChI=1S/C21H26N2O4/c1-12-14(3)26-18-11-19-16(9-15(12)18)13(2)17(21(25)27-19)10-20(24)22-7-6-8-23(4)5/h9,11H,6-8,10H2,1-5H3,(H,22,24)/p+1. The number of nitrogens with one attached hydrogen (secondary N) is 2. The third-order valence-corrected chi connectivity index (χ3v) is 5.10. The maximum absolute atomic E-state index is 12.4. The summed E-state index contributed by atoms with van der Waals surface area (Å²) >= 11 is 0.